The Morgan fingerprint density at radius 1 is 1.77 bits per heavy atom. The molecule has 0 radical (unpaired) electrons. The van der Waals surface area contributed by atoms with E-state index in [1.807, 2.05) is 24.6 Å². The van der Waals surface area contributed by atoms with Crippen molar-refractivity contribution < 1.29 is 0 Å². The molecule has 1 atom stereocenters. The van der Waals surface area contributed by atoms with Crippen LogP contribution in [0.15, 0.2) is 12.4 Å². The number of likely N-dealkylation sites (N-methyl/N-ethyl adjacent to an activating group) is 1. The molecular formula is C9H14N4. The van der Waals surface area contributed by atoms with Gasteiger partial charge in [0, 0.05) is 12.4 Å². The highest BCUT2D eigenvalue weighted by Gasteiger charge is 2.21. The third-order valence-corrected chi connectivity index (χ3v) is 2.21. The monoisotopic (exact) mass is 178 g/mol. The summed E-state index contributed by atoms with van der Waals surface area (Å²) in [5.41, 5.74) is -0.522. The molecule has 1 N–H and O–H groups in total. The van der Waals surface area contributed by atoms with E-state index >= 15 is 0 Å². The topological polar surface area (TPSA) is 53.6 Å². The fourth-order valence-corrected chi connectivity index (χ4v) is 1.08. The van der Waals surface area contributed by atoms with Gasteiger partial charge in [-0.1, -0.05) is 0 Å². The number of nitrogens with zero attached hydrogens (tertiary/aromatic N) is 3. The molecule has 1 heterocycles. The van der Waals surface area contributed by atoms with Gasteiger partial charge in [0.1, 0.15) is 11.4 Å². The van der Waals surface area contributed by atoms with Crippen LogP contribution in [0.25, 0.3) is 0 Å². The van der Waals surface area contributed by atoms with Crippen molar-refractivity contribution >= 4 is 0 Å². The number of rotatable bonds is 3. The maximum absolute atomic E-state index is 8.93. The molecule has 70 valence electrons. The van der Waals surface area contributed by atoms with Gasteiger partial charge in [-0.3, -0.25) is 0 Å². The van der Waals surface area contributed by atoms with Gasteiger partial charge in [0.2, 0.25) is 0 Å². The zero-order chi connectivity index (χ0) is 9.90. The van der Waals surface area contributed by atoms with Crippen LogP contribution in [0.1, 0.15) is 12.7 Å². The lowest BCUT2D eigenvalue weighted by atomic mass is 10.1. The summed E-state index contributed by atoms with van der Waals surface area (Å²) in [7, 11) is 1.79. The summed E-state index contributed by atoms with van der Waals surface area (Å²) < 4.78 is 1.96. The second kappa shape index (κ2) is 3.58. The van der Waals surface area contributed by atoms with E-state index in [0.717, 1.165) is 5.82 Å². The molecule has 0 aliphatic heterocycles. The number of hydrogen-bond donors (Lipinski definition) is 1. The van der Waals surface area contributed by atoms with Gasteiger partial charge in [-0.2, -0.15) is 5.26 Å². The Labute approximate surface area is 78.2 Å². The minimum atomic E-state index is -0.522. The van der Waals surface area contributed by atoms with Crippen LogP contribution >= 0.6 is 0 Å². The first-order valence-electron chi connectivity index (χ1n) is 4.19. The van der Waals surface area contributed by atoms with Crippen LogP contribution in [0.3, 0.4) is 0 Å². The van der Waals surface area contributed by atoms with Crippen molar-refractivity contribution in [2.75, 3.05) is 7.05 Å². The predicted octanol–water partition coefficient (Wildman–Crippen LogP) is 0.693. The summed E-state index contributed by atoms with van der Waals surface area (Å²) in [5, 5.41) is 11.9. The maximum Gasteiger partial charge on any atom is 0.121 e. The van der Waals surface area contributed by atoms with Crippen molar-refractivity contribution in [3.05, 3.63) is 18.2 Å². The SMILES string of the molecule is CNC(C)(C#N)Cn1ccnc1C. The summed E-state index contributed by atoms with van der Waals surface area (Å²) in [6, 6.07) is 2.23. The minimum Gasteiger partial charge on any atom is -0.332 e. The zero-order valence-corrected chi connectivity index (χ0v) is 8.20. The minimum absolute atomic E-state index is 0.522. The van der Waals surface area contributed by atoms with Crippen LogP contribution in [0.5, 0.6) is 0 Å². The molecule has 0 fully saturated rings. The molecule has 1 aromatic heterocycles. The summed E-state index contributed by atoms with van der Waals surface area (Å²) in [4.78, 5) is 4.10. The molecule has 0 amide bonds. The molecular weight excluding hydrogens is 164 g/mol. The molecule has 1 aromatic rings. The Balaban J connectivity index is 2.80. The Morgan fingerprint density at radius 2 is 2.46 bits per heavy atom. The highest BCUT2D eigenvalue weighted by molar-refractivity contribution is 5.05. The molecule has 0 aliphatic carbocycles. The van der Waals surface area contributed by atoms with Gasteiger partial charge >= 0.3 is 0 Å². The van der Waals surface area contributed by atoms with E-state index in [2.05, 4.69) is 16.4 Å². The van der Waals surface area contributed by atoms with Gasteiger partial charge in [0.05, 0.1) is 12.6 Å². The normalized spacial score (nSPS) is 14.9. The van der Waals surface area contributed by atoms with Crippen molar-refractivity contribution in [1.29, 1.82) is 5.26 Å². The smallest absolute Gasteiger partial charge is 0.121 e. The zero-order valence-electron chi connectivity index (χ0n) is 8.20. The number of nitriles is 1. The number of imidazole rings is 1. The summed E-state index contributed by atoms with van der Waals surface area (Å²) >= 11 is 0. The van der Waals surface area contributed by atoms with Gasteiger partial charge in [-0.05, 0) is 20.9 Å². The van der Waals surface area contributed by atoms with Crippen LogP contribution in [0.4, 0.5) is 0 Å². The first-order chi connectivity index (χ1) is 6.11. The number of nitrogens with one attached hydrogen (secondary N) is 1. The molecule has 13 heavy (non-hydrogen) atoms. The molecule has 0 spiro atoms. The summed E-state index contributed by atoms with van der Waals surface area (Å²) in [6.45, 7) is 4.41. The van der Waals surface area contributed by atoms with E-state index < -0.39 is 5.54 Å². The number of hydrogen-bond acceptors (Lipinski definition) is 3. The van der Waals surface area contributed by atoms with E-state index in [4.69, 9.17) is 5.26 Å². The maximum atomic E-state index is 8.93. The first kappa shape index (κ1) is 9.75. The van der Waals surface area contributed by atoms with E-state index in [9.17, 15) is 0 Å². The van der Waals surface area contributed by atoms with Gasteiger partial charge in [-0.25, -0.2) is 4.98 Å². The molecule has 0 bridgehead atoms. The standard InChI is InChI=1S/C9H14N4/c1-8-12-4-5-13(8)7-9(2,6-10)11-3/h4-5,11H,7H2,1-3H3. The largest absolute Gasteiger partial charge is 0.332 e. The van der Waals surface area contributed by atoms with Crippen molar-refractivity contribution in [1.82, 2.24) is 14.9 Å². The number of aryl methyl sites for hydroxylation is 1. The molecule has 0 aromatic carbocycles. The van der Waals surface area contributed by atoms with E-state index in [-0.39, 0.29) is 0 Å². The third kappa shape index (κ3) is 2.07. The van der Waals surface area contributed by atoms with Crippen molar-refractivity contribution in [2.45, 2.75) is 25.9 Å². The Kier molecular flexibility index (Phi) is 2.69. The first-order valence-corrected chi connectivity index (χ1v) is 4.19. The fraction of sp³-hybridized carbons (Fsp3) is 0.556. The van der Waals surface area contributed by atoms with Crippen molar-refractivity contribution in [3.63, 3.8) is 0 Å². The lowest BCUT2D eigenvalue weighted by molar-refractivity contribution is 0.414. The molecule has 0 saturated carbocycles. The molecule has 1 unspecified atom stereocenters. The Bertz CT molecular complexity index is 323. The van der Waals surface area contributed by atoms with Gasteiger partial charge in [0.25, 0.3) is 0 Å². The van der Waals surface area contributed by atoms with Gasteiger partial charge < -0.3 is 9.88 Å². The predicted molar refractivity (Wildman–Crippen MR) is 50.0 cm³/mol. The average molecular weight is 178 g/mol. The van der Waals surface area contributed by atoms with E-state index in [0.29, 0.717) is 6.54 Å². The van der Waals surface area contributed by atoms with Crippen LogP contribution < -0.4 is 5.32 Å². The molecule has 4 nitrogen and oxygen atoms in total. The fourth-order valence-electron chi connectivity index (χ4n) is 1.08. The van der Waals surface area contributed by atoms with Crippen molar-refractivity contribution in [2.24, 2.45) is 0 Å². The summed E-state index contributed by atoms with van der Waals surface area (Å²) in [6.07, 6.45) is 3.62. The van der Waals surface area contributed by atoms with Crippen LogP contribution in [0, 0.1) is 18.3 Å². The molecule has 4 heteroatoms. The molecule has 1 rings (SSSR count). The second-order valence-corrected chi connectivity index (χ2v) is 3.30. The molecule has 0 saturated heterocycles. The third-order valence-electron chi connectivity index (χ3n) is 2.21. The number of aromatic nitrogens is 2. The highest BCUT2D eigenvalue weighted by atomic mass is 15.1. The highest BCUT2D eigenvalue weighted by Crippen LogP contribution is 2.07. The Morgan fingerprint density at radius 3 is 2.85 bits per heavy atom. The lowest BCUT2D eigenvalue weighted by Gasteiger charge is -2.21. The van der Waals surface area contributed by atoms with Crippen LogP contribution in [-0.2, 0) is 6.54 Å². The van der Waals surface area contributed by atoms with E-state index in [1.165, 1.54) is 0 Å². The summed E-state index contributed by atoms with van der Waals surface area (Å²) in [5.74, 6) is 0.928. The van der Waals surface area contributed by atoms with Crippen LogP contribution in [0.2, 0.25) is 0 Å². The van der Waals surface area contributed by atoms with Crippen LogP contribution in [-0.4, -0.2) is 22.1 Å². The van der Waals surface area contributed by atoms with Gasteiger partial charge in [-0.15, -0.1) is 0 Å². The van der Waals surface area contributed by atoms with Gasteiger partial charge in [0.15, 0.2) is 0 Å². The average Bonchev–Trinajstić information content (AvgIpc) is 2.52. The lowest BCUT2D eigenvalue weighted by Crippen LogP contribution is -2.42. The quantitative estimate of drug-likeness (QED) is 0.741. The Hall–Kier alpha value is -1.34. The van der Waals surface area contributed by atoms with E-state index in [1.54, 1.807) is 13.2 Å². The second-order valence-electron chi connectivity index (χ2n) is 3.30. The molecule has 0 aliphatic rings. The van der Waals surface area contributed by atoms with Crippen molar-refractivity contribution in [3.8, 4) is 6.07 Å².